The molecule has 0 saturated heterocycles. The minimum absolute atomic E-state index is 0.221. The molecule has 0 radical (unpaired) electrons. The van der Waals surface area contributed by atoms with Gasteiger partial charge >= 0.3 is 0 Å². The molecule has 1 heteroatoms. The molecule has 0 aliphatic heterocycles. The molecule has 0 unspecified atom stereocenters. The van der Waals surface area contributed by atoms with Gasteiger partial charge in [-0.15, -0.1) is 0 Å². The van der Waals surface area contributed by atoms with Crippen LogP contribution >= 0.6 is 0 Å². The zero-order valence-electron chi connectivity index (χ0n) is 8.31. The number of benzene rings is 1. The molecule has 2 N–H and O–H groups in total. The average Bonchev–Trinajstić information content (AvgIpc) is 1.92. The zero-order chi connectivity index (χ0) is 9.35. The van der Waals surface area contributed by atoms with E-state index in [0.29, 0.717) is 0 Å². The normalized spacial score (nSPS) is 11.7. The Morgan fingerprint density at radius 2 is 1.75 bits per heavy atom. The molecule has 0 fully saturated rings. The van der Waals surface area contributed by atoms with E-state index in [9.17, 15) is 0 Å². The number of aryl methyl sites for hydroxylation is 1. The smallest absolute Gasteiger partial charge is 0.0343 e. The number of hydrogen-bond donors (Lipinski definition) is 1. The molecule has 1 aromatic rings. The SMILES string of the molecule is Cc1cc(C(C)(C)C)ccc1N. The first-order valence-corrected chi connectivity index (χ1v) is 4.28. The van der Waals surface area contributed by atoms with Crippen LogP contribution < -0.4 is 5.73 Å². The van der Waals surface area contributed by atoms with E-state index in [4.69, 9.17) is 5.73 Å². The lowest BCUT2D eigenvalue weighted by atomic mass is 9.86. The van der Waals surface area contributed by atoms with Gasteiger partial charge in [-0.25, -0.2) is 0 Å². The minimum atomic E-state index is 0.221. The zero-order valence-corrected chi connectivity index (χ0v) is 8.31. The highest BCUT2D eigenvalue weighted by molar-refractivity contribution is 5.48. The van der Waals surface area contributed by atoms with Gasteiger partial charge in [0.25, 0.3) is 0 Å². The van der Waals surface area contributed by atoms with Crippen molar-refractivity contribution in [3.8, 4) is 0 Å². The van der Waals surface area contributed by atoms with Gasteiger partial charge in [0.1, 0.15) is 0 Å². The summed E-state index contributed by atoms with van der Waals surface area (Å²) in [5.41, 5.74) is 9.34. The quantitative estimate of drug-likeness (QED) is 0.585. The van der Waals surface area contributed by atoms with Gasteiger partial charge in [0.2, 0.25) is 0 Å². The maximum Gasteiger partial charge on any atom is 0.0343 e. The van der Waals surface area contributed by atoms with Gasteiger partial charge in [0, 0.05) is 5.69 Å². The molecular weight excluding hydrogens is 146 g/mol. The van der Waals surface area contributed by atoms with Gasteiger partial charge in [0.15, 0.2) is 0 Å². The summed E-state index contributed by atoms with van der Waals surface area (Å²) in [6, 6.07) is 6.24. The van der Waals surface area contributed by atoms with Crippen molar-refractivity contribution in [2.24, 2.45) is 0 Å². The Bertz CT molecular complexity index is 282. The Morgan fingerprint density at radius 3 is 2.17 bits per heavy atom. The van der Waals surface area contributed by atoms with E-state index >= 15 is 0 Å². The van der Waals surface area contributed by atoms with E-state index in [0.717, 1.165) is 5.69 Å². The van der Waals surface area contributed by atoms with Crippen molar-refractivity contribution >= 4 is 5.69 Å². The van der Waals surface area contributed by atoms with Crippen LogP contribution in [0.1, 0.15) is 31.9 Å². The predicted octanol–water partition coefficient (Wildman–Crippen LogP) is 2.87. The lowest BCUT2D eigenvalue weighted by Gasteiger charge is -2.19. The first kappa shape index (κ1) is 9.11. The lowest BCUT2D eigenvalue weighted by Crippen LogP contribution is -2.11. The highest BCUT2D eigenvalue weighted by Crippen LogP contribution is 2.24. The fourth-order valence-corrected chi connectivity index (χ4v) is 1.14. The summed E-state index contributed by atoms with van der Waals surface area (Å²) in [7, 11) is 0. The van der Waals surface area contributed by atoms with Gasteiger partial charge < -0.3 is 5.73 Å². The molecule has 0 bridgehead atoms. The fourth-order valence-electron chi connectivity index (χ4n) is 1.14. The molecule has 0 saturated carbocycles. The van der Waals surface area contributed by atoms with E-state index in [1.165, 1.54) is 11.1 Å². The van der Waals surface area contributed by atoms with Crippen LogP contribution in [0.5, 0.6) is 0 Å². The van der Waals surface area contributed by atoms with E-state index in [1.54, 1.807) is 0 Å². The van der Waals surface area contributed by atoms with Crippen molar-refractivity contribution < 1.29 is 0 Å². The van der Waals surface area contributed by atoms with Crippen molar-refractivity contribution in [3.63, 3.8) is 0 Å². The maximum atomic E-state index is 5.73. The maximum absolute atomic E-state index is 5.73. The lowest BCUT2D eigenvalue weighted by molar-refractivity contribution is 0.590. The van der Waals surface area contributed by atoms with Crippen LogP contribution in [0, 0.1) is 6.92 Å². The van der Waals surface area contributed by atoms with Crippen molar-refractivity contribution in [3.05, 3.63) is 29.3 Å². The second-order valence-electron chi connectivity index (χ2n) is 4.32. The fraction of sp³-hybridized carbons (Fsp3) is 0.455. The predicted molar refractivity (Wildman–Crippen MR) is 54.3 cm³/mol. The van der Waals surface area contributed by atoms with Gasteiger partial charge in [-0.05, 0) is 29.5 Å². The third-order valence-electron chi connectivity index (χ3n) is 2.14. The molecule has 1 rings (SSSR count). The van der Waals surface area contributed by atoms with Crippen molar-refractivity contribution in [1.29, 1.82) is 0 Å². The standard InChI is InChI=1S/C11H17N/c1-8-7-9(11(2,3)4)5-6-10(8)12/h5-7H,12H2,1-4H3. The van der Waals surface area contributed by atoms with Crippen molar-refractivity contribution in [1.82, 2.24) is 0 Å². The second-order valence-corrected chi connectivity index (χ2v) is 4.32. The Hall–Kier alpha value is -0.980. The van der Waals surface area contributed by atoms with Crippen LogP contribution in [-0.4, -0.2) is 0 Å². The molecule has 66 valence electrons. The van der Waals surface area contributed by atoms with E-state index in [-0.39, 0.29) is 5.41 Å². The van der Waals surface area contributed by atoms with Gasteiger partial charge in [0.05, 0.1) is 0 Å². The molecule has 0 aromatic heterocycles. The average molecular weight is 163 g/mol. The van der Waals surface area contributed by atoms with Gasteiger partial charge in [-0.2, -0.15) is 0 Å². The minimum Gasteiger partial charge on any atom is -0.399 e. The number of nitrogens with two attached hydrogens (primary N) is 1. The van der Waals surface area contributed by atoms with Crippen molar-refractivity contribution in [2.45, 2.75) is 33.1 Å². The summed E-state index contributed by atoms with van der Waals surface area (Å²) in [6.07, 6.45) is 0. The molecule has 0 aliphatic carbocycles. The molecule has 0 aliphatic rings. The first-order chi connectivity index (χ1) is 5.41. The number of hydrogen-bond acceptors (Lipinski definition) is 1. The summed E-state index contributed by atoms with van der Waals surface area (Å²) in [6.45, 7) is 8.67. The van der Waals surface area contributed by atoms with Crippen molar-refractivity contribution in [2.75, 3.05) is 5.73 Å². The summed E-state index contributed by atoms with van der Waals surface area (Å²) < 4.78 is 0. The summed E-state index contributed by atoms with van der Waals surface area (Å²) in [5.74, 6) is 0. The molecule has 1 aromatic carbocycles. The molecule has 0 spiro atoms. The molecule has 0 atom stereocenters. The largest absolute Gasteiger partial charge is 0.399 e. The van der Waals surface area contributed by atoms with Crippen LogP contribution in [0.2, 0.25) is 0 Å². The van der Waals surface area contributed by atoms with E-state index in [1.807, 2.05) is 13.0 Å². The van der Waals surface area contributed by atoms with Crippen LogP contribution in [0.3, 0.4) is 0 Å². The van der Waals surface area contributed by atoms with Gasteiger partial charge in [-0.3, -0.25) is 0 Å². The summed E-state index contributed by atoms with van der Waals surface area (Å²) in [5, 5.41) is 0. The molecular formula is C11H17N. The number of nitrogen functional groups attached to an aromatic ring is 1. The molecule has 0 heterocycles. The van der Waals surface area contributed by atoms with Gasteiger partial charge in [-0.1, -0.05) is 32.9 Å². The second kappa shape index (κ2) is 2.81. The Morgan fingerprint density at radius 1 is 1.17 bits per heavy atom. The van der Waals surface area contributed by atoms with Crippen LogP contribution in [0.25, 0.3) is 0 Å². The Balaban J connectivity index is 3.14. The molecule has 0 amide bonds. The first-order valence-electron chi connectivity index (χ1n) is 4.28. The van der Waals surface area contributed by atoms with Crippen LogP contribution in [-0.2, 0) is 5.41 Å². The monoisotopic (exact) mass is 163 g/mol. The topological polar surface area (TPSA) is 26.0 Å². The Kier molecular flexibility index (Phi) is 2.14. The summed E-state index contributed by atoms with van der Waals surface area (Å²) >= 11 is 0. The molecule has 12 heavy (non-hydrogen) atoms. The third kappa shape index (κ3) is 1.79. The third-order valence-corrected chi connectivity index (χ3v) is 2.14. The number of anilines is 1. The van der Waals surface area contributed by atoms with E-state index in [2.05, 4.69) is 32.9 Å². The van der Waals surface area contributed by atoms with Crippen LogP contribution in [0.4, 0.5) is 5.69 Å². The molecule has 1 nitrogen and oxygen atoms in total. The van der Waals surface area contributed by atoms with Crippen LogP contribution in [0.15, 0.2) is 18.2 Å². The Labute approximate surface area is 74.6 Å². The highest BCUT2D eigenvalue weighted by Gasteiger charge is 2.13. The number of rotatable bonds is 0. The summed E-state index contributed by atoms with van der Waals surface area (Å²) in [4.78, 5) is 0. The van der Waals surface area contributed by atoms with E-state index < -0.39 is 0 Å². The highest BCUT2D eigenvalue weighted by atomic mass is 14.5.